The maximum absolute atomic E-state index is 13.0. The van der Waals surface area contributed by atoms with Gasteiger partial charge in [-0.15, -0.1) is 0 Å². The molecule has 4 N–H and O–H groups in total. The molecular weight excluding hydrogens is 686 g/mol. The normalized spacial score (nSPS) is 24.0. The summed E-state index contributed by atoms with van der Waals surface area (Å²) >= 11 is 0. The number of hydrogen-bond acceptors (Lipinski definition) is 11. The summed E-state index contributed by atoms with van der Waals surface area (Å²) in [4.78, 5) is 54.5. The number of amides is 1. The van der Waals surface area contributed by atoms with Crippen molar-refractivity contribution in [3.8, 4) is 0 Å². The van der Waals surface area contributed by atoms with Crippen molar-refractivity contribution in [2.24, 2.45) is 11.8 Å². The number of ether oxygens (including phenoxy) is 3. The molecule has 2 aliphatic carbocycles. The molecule has 0 radical (unpaired) electrons. The van der Waals surface area contributed by atoms with Crippen LogP contribution < -0.4 is 5.32 Å². The lowest BCUT2D eigenvalue weighted by atomic mass is 9.66. The largest absolute Gasteiger partial charge is 0.480 e. The molecule has 3 aliphatic rings. The predicted molar refractivity (Wildman–Crippen MR) is 200 cm³/mol. The second kappa shape index (κ2) is 22.7. The van der Waals surface area contributed by atoms with E-state index in [0.29, 0.717) is 97.2 Å². The minimum atomic E-state index is -1.01. The van der Waals surface area contributed by atoms with Gasteiger partial charge in [0.15, 0.2) is 0 Å². The topological polar surface area (TPSA) is 182 Å². The summed E-state index contributed by atoms with van der Waals surface area (Å²) in [6.07, 6.45) is 12.6. The van der Waals surface area contributed by atoms with Gasteiger partial charge >= 0.3 is 17.9 Å². The van der Waals surface area contributed by atoms with E-state index in [1.807, 2.05) is 18.7 Å². The Kier molecular flexibility index (Phi) is 19.1. The van der Waals surface area contributed by atoms with Gasteiger partial charge in [0.25, 0.3) is 0 Å². The molecule has 1 unspecified atom stereocenters. The average Bonchev–Trinajstić information content (AvgIpc) is 3.04. The zero-order chi connectivity index (χ0) is 38.9. The molecular formula is C38H67N5O10. The number of nitrogens with zero attached hydrogens (tertiary/aromatic N) is 4. The van der Waals surface area contributed by atoms with Crippen molar-refractivity contribution >= 4 is 23.8 Å². The number of carboxylic acid groups (broad SMARTS) is 3. The first-order valence-corrected chi connectivity index (χ1v) is 19.5. The van der Waals surface area contributed by atoms with Crippen molar-refractivity contribution < 1.29 is 48.7 Å². The zero-order valence-electron chi connectivity index (χ0n) is 32.6. The fourth-order valence-corrected chi connectivity index (χ4v) is 7.27. The van der Waals surface area contributed by atoms with Crippen LogP contribution in [0.1, 0.15) is 72.6 Å². The van der Waals surface area contributed by atoms with E-state index in [1.54, 1.807) is 14.7 Å². The quantitative estimate of drug-likeness (QED) is 0.105. The molecule has 1 saturated heterocycles. The predicted octanol–water partition coefficient (Wildman–Crippen LogP) is 2.10. The van der Waals surface area contributed by atoms with Crippen LogP contribution in [-0.2, 0) is 33.4 Å². The van der Waals surface area contributed by atoms with Crippen molar-refractivity contribution in [2.45, 2.75) is 89.9 Å². The van der Waals surface area contributed by atoms with E-state index >= 15 is 0 Å². The number of allylic oxidation sites excluding steroid dienone is 2. The standard InChI is InChI=1S/C38H67N5O10/c1-37(2,11-22-51-32-25-30-9-7-5-6-8-10-31(30)32)52-23-12-38(3,4)53-24-13-39-33(44)26-40-14-16-41(27-34(45)46)18-20-43(29-36(49)50)21-19-42(17-15-40)28-35(47)48/h5-6,30-32H,7-29H2,1-4H3,(H,39,44)(H,45,46)(H,47,48)(H,49,50)/b6-5+/t30-,31-,32?/m0/s1. The summed E-state index contributed by atoms with van der Waals surface area (Å²) in [5, 5.41) is 31.1. The van der Waals surface area contributed by atoms with Crippen molar-refractivity contribution in [2.75, 3.05) is 105 Å². The Morgan fingerprint density at radius 2 is 1.08 bits per heavy atom. The number of carbonyl (C=O) groups excluding carboxylic acids is 1. The molecule has 0 aromatic rings. The lowest BCUT2D eigenvalue weighted by Crippen LogP contribution is -2.50. The molecule has 0 aromatic heterocycles. The van der Waals surface area contributed by atoms with E-state index in [0.717, 1.165) is 18.8 Å². The first kappa shape index (κ1) is 44.7. The number of fused-ring (bicyclic) bond motifs is 1. The molecule has 0 aromatic carbocycles. The first-order valence-electron chi connectivity index (χ1n) is 19.5. The van der Waals surface area contributed by atoms with Gasteiger partial charge in [0, 0.05) is 65.5 Å². The van der Waals surface area contributed by atoms with Crippen LogP contribution >= 0.6 is 0 Å². The van der Waals surface area contributed by atoms with Crippen LogP contribution in [0, 0.1) is 11.8 Å². The molecule has 1 heterocycles. The summed E-state index contributed by atoms with van der Waals surface area (Å²) in [6.45, 7) is 12.2. The smallest absolute Gasteiger partial charge is 0.317 e. The van der Waals surface area contributed by atoms with Gasteiger partial charge in [-0.05, 0) is 84.5 Å². The SMILES string of the molecule is CC(C)(CCOC1C[C@@H]2CC/C=C/CC[C@H]12)OCCC(C)(C)OCCNC(=O)CN1CCN(CC(=O)O)CCN(CC(=O)O)CCN(CC(=O)O)CC1. The first-order chi connectivity index (χ1) is 25.1. The van der Waals surface area contributed by atoms with E-state index in [2.05, 4.69) is 31.3 Å². The second-order valence-corrected chi connectivity index (χ2v) is 16.0. The van der Waals surface area contributed by atoms with Gasteiger partial charge in [0.1, 0.15) is 0 Å². The van der Waals surface area contributed by atoms with Crippen LogP contribution in [-0.4, -0.2) is 181 Å². The highest BCUT2D eigenvalue weighted by atomic mass is 16.5. The number of nitrogens with one attached hydrogen (secondary N) is 1. The van der Waals surface area contributed by atoms with Crippen LogP contribution in [0.15, 0.2) is 12.2 Å². The van der Waals surface area contributed by atoms with Crippen LogP contribution in [0.5, 0.6) is 0 Å². The van der Waals surface area contributed by atoms with Gasteiger partial charge in [-0.1, -0.05) is 12.2 Å². The summed E-state index contributed by atoms with van der Waals surface area (Å²) in [5.74, 6) is -1.69. The second-order valence-electron chi connectivity index (χ2n) is 16.0. The minimum absolute atomic E-state index is 0.0579. The lowest BCUT2D eigenvalue weighted by Gasteiger charge is -2.45. The summed E-state index contributed by atoms with van der Waals surface area (Å²) in [6, 6.07) is 0. The Morgan fingerprint density at radius 1 is 0.642 bits per heavy atom. The molecule has 3 rings (SSSR count). The van der Waals surface area contributed by atoms with Crippen LogP contribution in [0.3, 0.4) is 0 Å². The monoisotopic (exact) mass is 753 g/mol. The molecule has 1 saturated carbocycles. The molecule has 2 fully saturated rings. The highest BCUT2D eigenvalue weighted by Gasteiger charge is 2.41. The zero-order valence-corrected chi connectivity index (χ0v) is 32.6. The summed E-state index contributed by atoms with van der Waals surface area (Å²) < 4.78 is 18.7. The Bertz CT molecular complexity index is 1150. The van der Waals surface area contributed by atoms with Gasteiger partial charge in [0.2, 0.25) is 5.91 Å². The molecule has 15 nitrogen and oxygen atoms in total. The Hall–Kier alpha value is -2.66. The summed E-state index contributed by atoms with van der Waals surface area (Å²) in [7, 11) is 0. The third-order valence-electron chi connectivity index (χ3n) is 10.7. The maximum atomic E-state index is 13.0. The van der Waals surface area contributed by atoms with E-state index in [-0.39, 0.29) is 37.7 Å². The molecule has 0 spiro atoms. The Balaban J connectivity index is 1.38. The van der Waals surface area contributed by atoms with Gasteiger partial charge in [0.05, 0.1) is 56.7 Å². The van der Waals surface area contributed by atoms with E-state index < -0.39 is 23.5 Å². The number of aliphatic carboxylic acids is 3. The van der Waals surface area contributed by atoms with Gasteiger partial charge in [-0.25, -0.2) is 0 Å². The number of rotatable bonds is 20. The third kappa shape index (κ3) is 18.5. The third-order valence-corrected chi connectivity index (χ3v) is 10.7. The van der Waals surface area contributed by atoms with Crippen LogP contribution in [0.4, 0.5) is 0 Å². The minimum Gasteiger partial charge on any atom is -0.480 e. The lowest BCUT2D eigenvalue weighted by molar-refractivity contribution is -0.140. The molecule has 1 aliphatic heterocycles. The molecule has 1 amide bonds. The molecule has 15 heteroatoms. The van der Waals surface area contributed by atoms with Crippen LogP contribution in [0.2, 0.25) is 0 Å². The highest BCUT2D eigenvalue weighted by molar-refractivity contribution is 5.78. The van der Waals surface area contributed by atoms with Crippen molar-refractivity contribution in [1.29, 1.82) is 0 Å². The fraction of sp³-hybridized carbons (Fsp3) is 0.842. The van der Waals surface area contributed by atoms with E-state index in [1.165, 1.54) is 25.7 Å². The number of hydrogen-bond donors (Lipinski definition) is 4. The molecule has 53 heavy (non-hydrogen) atoms. The van der Waals surface area contributed by atoms with Crippen LogP contribution in [0.25, 0.3) is 0 Å². The van der Waals surface area contributed by atoms with Crippen molar-refractivity contribution in [3.63, 3.8) is 0 Å². The van der Waals surface area contributed by atoms with Crippen molar-refractivity contribution in [3.05, 3.63) is 12.2 Å². The summed E-state index contributed by atoms with van der Waals surface area (Å²) in [5.41, 5.74) is -0.765. The van der Waals surface area contributed by atoms with Crippen molar-refractivity contribution in [1.82, 2.24) is 24.9 Å². The maximum Gasteiger partial charge on any atom is 0.317 e. The Labute approximate surface area is 315 Å². The fourth-order valence-electron chi connectivity index (χ4n) is 7.27. The molecule has 0 bridgehead atoms. The average molecular weight is 754 g/mol. The van der Waals surface area contributed by atoms with Gasteiger partial charge in [-0.3, -0.25) is 38.8 Å². The molecule has 3 atom stereocenters. The number of carboxylic acids is 3. The van der Waals surface area contributed by atoms with E-state index in [9.17, 15) is 34.5 Å². The molecule has 304 valence electrons. The highest BCUT2D eigenvalue weighted by Crippen LogP contribution is 2.44. The Morgan fingerprint density at radius 3 is 1.57 bits per heavy atom. The van der Waals surface area contributed by atoms with Gasteiger partial charge in [-0.2, -0.15) is 0 Å². The number of carbonyl (C=O) groups is 4. The van der Waals surface area contributed by atoms with Gasteiger partial charge < -0.3 is 34.8 Å². The van der Waals surface area contributed by atoms with E-state index in [4.69, 9.17) is 14.2 Å².